The Morgan fingerprint density at radius 3 is 2.39 bits per heavy atom. The third-order valence-corrected chi connectivity index (χ3v) is 3.09. The second kappa shape index (κ2) is 7.53. The second-order valence-corrected chi connectivity index (χ2v) is 6.41. The van der Waals surface area contributed by atoms with E-state index in [0.717, 1.165) is 11.3 Å². The van der Waals surface area contributed by atoms with Crippen molar-refractivity contribution in [1.82, 2.24) is 15.0 Å². The molecule has 0 spiro atoms. The van der Waals surface area contributed by atoms with Crippen molar-refractivity contribution in [2.24, 2.45) is 4.99 Å². The summed E-state index contributed by atoms with van der Waals surface area (Å²) in [5.74, 6) is 0.598. The van der Waals surface area contributed by atoms with Gasteiger partial charge in [0.2, 0.25) is 9.87 Å². The molecule has 0 radical (unpaired) electrons. The number of carbonyl (C=O) groups excluding carboxylic acids is 1. The summed E-state index contributed by atoms with van der Waals surface area (Å²) < 4.78 is 3.22. The first kappa shape index (κ1) is 17.4. The highest BCUT2D eigenvalue weighted by molar-refractivity contribution is 6.66. The van der Waals surface area contributed by atoms with Crippen molar-refractivity contribution < 1.29 is 9.53 Å². The summed E-state index contributed by atoms with van der Waals surface area (Å²) in [6.07, 6.45) is 4.65. The molecule has 0 unspecified atom stereocenters. The molecule has 0 N–H and O–H groups in total. The average Bonchev–Trinajstić information content (AvgIpc) is 2.53. The largest absolute Gasteiger partial charge is 0.497 e. The zero-order valence-electron chi connectivity index (χ0n) is 11.7. The summed E-state index contributed by atoms with van der Waals surface area (Å²) in [5, 5.41) is 0. The summed E-state index contributed by atoms with van der Waals surface area (Å²) >= 11 is 17.3. The summed E-state index contributed by atoms with van der Waals surface area (Å²) in [5.41, 5.74) is 0.877. The van der Waals surface area contributed by atoms with Gasteiger partial charge in [0.15, 0.2) is 11.6 Å². The number of aromatic nitrogens is 3. The maximum absolute atomic E-state index is 10.4. The Kier molecular flexibility index (Phi) is 5.69. The Morgan fingerprint density at radius 2 is 1.83 bits per heavy atom. The Morgan fingerprint density at radius 1 is 1.13 bits per heavy atom. The topological polar surface area (TPSA) is 77.3 Å². The van der Waals surface area contributed by atoms with E-state index >= 15 is 0 Å². The number of nitrogens with zero attached hydrogens (tertiary/aromatic N) is 4. The molecule has 23 heavy (non-hydrogen) atoms. The van der Waals surface area contributed by atoms with Gasteiger partial charge in [0.05, 0.1) is 7.11 Å². The maximum atomic E-state index is 10.4. The fourth-order valence-electron chi connectivity index (χ4n) is 1.56. The summed E-state index contributed by atoms with van der Waals surface area (Å²) in [6, 6.07) is 7.30. The van der Waals surface area contributed by atoms with E-state index in [1.54, 1.807) is 19.3 Å². The normalized spacial score (nSPS) is 11.3. The standard InChI is InChI=1S/C14H9Cl3N4O2/c1-23-10-5-2-9(3-6-10)4-7-11-19-12(14(15,16)17)21-13(20-11)18-8-22/h2-7H,1H3. The fourth-order valence-corrected chi connectivity index (χ4v) is 1.81. The first-order valence-electron chi connectivity index (χ1n) is 6.15. The quantitative estimate of drug-likeness (QED) is 0.463. The van der Waals surface area contributed by atoms with Crippen LogP contribution in [0.15, 0.2) is 29.3 Å². The minimum Gasteiger partial charge on any atom is -0.497 e. The molecule has 1 aromatic carbocycles. The highest BCUT2D eigenvalue weighted by Gasteiger charge is 2.28. The number of aliphatic imine (C=N–C) groups is 1. The predicted molar refractivity (Wildman–Crippen MR) is 88.8 cm³/mol. The van der Waals surface area contributed by atoms with Crippen LogP contribution in [-0.4, -0.2) is 28.1 Å². The Balaban J connectivity index is 2.35. The van der Waals surface area contributed by atoms with E-state index in [4.69, 9.17) is 39.5 Å². The van der Waals surface area contributed by atoms with Crippen molar-refractivity contribution in [2.75, 3.05) is 7.11 Å². The molecule has 6 nitrogen and oxygen atoms in total. The van der Waals surface area contributed by atoms with Crippen LogP contribution in [0.25, 0.3) is 12.2 Å². The van der Waals surface area contributed by atoms with E-state index in [0.29, 0.717) is 0 Å². The van der Waals surface area contributed by atoms with Gasteiger partial charge < -0.3 is 4.74 Å². The van der Waals surface area contributed by atoms with Gasteiger partial charge in [-0.05, 0) is 23.8 Å². The SMILES string of the molecule is COc1ccc(C=Cc2nc(N=C=O)nc(C(Cl)(Cl)Cl)n2)cc1. The molecule has 1 heterocycles. The maximum Gasteiger partial charge on any atom is 0.264 e. The van der Waals surface area contributed by atoms with Crippen LogP contribution in [0.5, 0.6) is 5.75 Å². The van der Waals surface area contributed by atoms with E-state index in [1.165, 1.54) is 6.08 Å². The van der Waals surface area contributed by atoms with Gasteiger partial charge in [0.25, 0.3) is 5.95 Å². The van der Waals surface area contributed by atoms with E-state index in [2.05, 4.69) is 19.9 Å². The number of alkyl halides is 3. The zero-order valence-corrected chi connectivity index (χ0v) is 14.0. The third kappa shape index (κ3) is 5.01. The van der Waals surface area contributed by atoms with Gasteiger partial charge in [-0.1, -0.05) is 53.0 Å². The van der Waals surface area contributed by atoms with Crippen LogP contribution in [0.3, 0.4) is 0 Å². The molecule has 0 saturated carbocycles. The van der Waals surface area contributed by atoms with Crippen molar-refractivity contribution in [3.63, 3.8) is 0 Å². The van der Waals surface area contributed by atoms with Crippen molar-refractivity contribution in [1.29, 1.82) is 0 Å². The Labute approximate surface area is 146 Å². The van der Waals surface area contributed by atoms with Crippen LogP contribution >= 0.6 is 34.8 Å². The van der Waals surface area contributed by atoms with Crippen LogP contribution in [0.2, 0.25) is 0 Å². The Hall–Kier alpha value is -1.98. The van der Waals surface area contributed by atoms with E-state index < -0.39 is 3.79 Å². The van der Waals surface area contributed by atoms with Gasteiger partial charge in [-0.15, -0.1) is 4.99 Å². The molecule has 0 saturated heterocycles. The number of isocyanates is 1. The van der Waals surface area contributed by atoms with Gasteiger partial charge in [-0.2, -0.15) is 9.97 Å². The van der Waals surface area contributed by atoms with Gasteiger partial charge in [-0.3, -0.25) is 0 Å². The van der Waals surface area contributed by atoms with Crippen LogP contribution < -0.4 is 4.74 Å². The van der Waals surface area contributed by atoms with E-state index in [-0.39, 0.29) is 17.6 Å². The number of hydrogen-bond donors (Lipinski definition) is 0. The molecule has 0 fully saturated rings. The van der Waals surface area contributed by atoms with Gasteiger partial charge >= 0.3 is 0 Å². The second-order valence-electron chi connectivity index (χ2n) is 4.12. The molecule has 118 valence electrons. The number of ether oxygens (including phenoxy) is 1. The van der Waals surface area contributed by atoms with E-state index in [1.807, 2.05) is 24.3 Å². The number of benzene rings is 1. The van der Waals surface area contributed by atoms with Crippen LogP contribution in [0.1, 0.15) is 17.2 Å². The lowest BCUT2D eigenvalue weighted by Crippen LogP contribution is -2.09. The highest BCUT2D eigenvalue weighted by Crippen LogP contribution is 2.36. The minimum absolute atomic E-state index is 0.138. The molecule has 2 aromatic rings. The molecule has 0 atom stereocenters. The molecule has 9 heteroatoms. The average molecular weight is 372 g/mol. The number of rotatable bonds is 4. The molecule has 0 amide bonds. The van der Waals surface area contributed by atoms with Crippen molar-refractivity contribution >= 4 is 59.0 Å². The van der Waals surface area contributed by atoms with Crippen molar-refractivity contribution in [3.05, 3.63) is 41.5 Å². The molecule has 0 bridgehead atoms. The zero-order chi connectivity index (χ0) is 16.9. The highest BCUT2D eigenvalue weighted by atomic mass is 35.6. The first-order valence-corrected chi connectivity index (χ1v) is 7.29. The minimum atomic E-state index is -1.86. The number of halogens is 3. The first-order chi connectivity index (χ1) is 10.9. The molecule has 1 aromatic heterocycles. The molecular formula is C14H9Cl3N4O2. The fraction of sp³-hybridized carbons (Fsp3) is 0.143. The molecular weight excluding hydrogens is 363 g/mol. The van der Waals surface area contributed by atoms with Gasteiger partial charge in [-0.25, -0.2) is 9.78 Å². The van der Waals surface area contributed by atoms with E-state index in [9.17, 15) is 4.79 Å². The van der Waals surface area contributed by atoms with Crippen LogP contribution in [0, 0.1) is 0 Å². The van der Waals surface area contributed by atoms with Crippen molar-refractivity contribution in [3.8, 4) is 5.75 Å². The lowest BCUT2D eigenvalue weighted by Gasteiger charge is -2.09. The predicted octanol–water partition coefficient (Wildman–Crippen LogP) is 3.84. The van der Waals surface area contributed by atoms with Crippen LogP contribution in [-0.2, 0) is 8.59 Å². The summed E-state index contributed by atoms with van der Waals surface area (Å²) in [7, 11) is 1.59. The monoisotopic (exact) mass is 370 g/mol. The molecule has 0 aliphatic rings. The molecule has 0 aliphatic heterocycles. The lowest BCUT2D eigenvalue weighted by molar-refractivity contribution is 0.415. The number of methoxy groups -OCH3 is 1. The van der Waals surface area contributed by atoms with Gasteiger partial charge in [0.1, 0.15) is 5.75 Å². The lowest BCUT2D eigenvalue weighted by atomic mass is 10.2. The summed E-state index contributed by atoms with van der Waals surface area (Å²) in [6.45, 7) is 0. The van der Waals surface area contributed by atoms with Crippen molar-refractivity contribution in [2.45, 2.75) is 3.79 Å². The Bertz CT molecular complexity index is 767. The third-order valence-electron chi connectivity index (χ3n) is 2.58. The number of hydrogen-bond acceptors (Lipinski definition) is 6. The molecule has 2 rings (SSSR count). The molecule has 0 aliphatic carbocycles. The smallest absolute Gasteiger partial charge is 0.264 e. The summed E-state index contributed by atoms with van der Waals surface area (Å²) in [4.78, 5) is 25.4. The van der Waals surface area contributed by atoms with Crippen LogP contribution in [0.4, 0.5) is 5.95 Å². The van der Waals surface area contributed by atoms with Gasteiger partial charge in [0, 0.05) is 0 Å².